The highest BCUT2D eigenvalue weighted by Crippen LogP contribution is 2.37. The molecule has 19 heavy (non-hydrogen) atoms. The number of hydrogen-bond donors (Lipinski definition) is 0. The Morgan fingerprint density at radius 3 is 2.37 bits per heavy atom. The minimum absolute atomic E-state index is 1.11. The predicted octanol–water partition coefficient (Wildman–Crippen LogP) is 5.37. The number of rotatable bonds is 1. The van der Waals surface area contributed by atoms with Crippen molar-refractivity contribution in [1.82, 2.24) is 0 Å². The number of thiophene rings is 1. The van der Waals surface area contributed by atoms with Crippen LogP contribution in [0.25, 0.3) is 0 Å². The fourth-order valence-electron chi connectivity index (χ4n) is 2.41. The van der Waals surface area contributed by atoms with Crippen molar-refractivity contribution in [1.29, 1.82) is 0 Å². The molecule has 0 aromatic carbocycles. The zero-order valence-corrected chi connectivity index (χ0v) is 11.8. The SMILES string of the molecule is CC1=CC(C2=CC=C3C=CC=C32)=CC1.c1ccsc1. The molecule has 0 unspecified atom stereocenters. The van der Waals surface area contributed by atoms with Crippen LogP contribution in [0.1, 0.15) is 13.3 Å². The van der Waals surface area contributed by atoms with Crippen molar-refractivity contribution in [2.45, 2.75) is 13.3 Å². The van der Waals surface area contributed by atoms with Crippen molar-refractivity contribution < 1.29 is 0 Å². The normalized spacial score (nSPS) is 18.9. The monoisotopic (exact) mass is 264 g/mol. The Hall–Kier alpha value is -1.86. The first-order valence-electron chi connectivity index (χ1n) is 6.50. The molecule has 4 rings (SSSR count). The van der Waals surface area contributed by atoms with Gasteiger partial charge in [-0.1, -0.05) is 60.2 Å². The predicted molar refractivity (Wildman–Crippen MR) is 84.2 cm³/mol. The second-order valence-electron chi connectivity index (χ2n) is 4.79. The summed E-state index contributed by atoms with van der Waals surface area (Å²) < 4.78 is 0. The molecule has 1 aromatic rings. The lowest BCUT2D eigenvalue weighted by Gasteiger charge is -2.04. The third-order valence-corrected chi connectivity index (χ3v) is 3.98. The van der Waals surface area contributed by atoms with E-state index in [0.717, 1.165) is 6.42 Å². The summed E-state index contributed by atoms with van der Waals surface area (Å²) >= 11 is 1.71. The van der Waals surface area contributed by atoms with Crippen LogP contribution in [0.4, 0.5) is 0 Å². The zero-order chi connectivity index (χ0) is 13.1. The minimum Gasteiger partial charge on any atom is -0.152 e. The van der Waals surface area contributed by atoms with Crippen LogP contribution in [-0.2, 0) is 0 Å². The summed E-state index contributed by atoms with van der Waals surface area (Å²) in [5, 5.41) is 4.08. The summed E-state index contributed by atoms with van der Waals surface area (Å²) in [5.41, 5.74) is 6.99. The van der Waals surface area contributed by atoms with Crippen LogP contribution >= 0.6 is 11.3 Å². The Morgan fingerprint density at radius 1 is 0.947 bits per heavy atom. The van der Waals surface area contributed by atoms with Gasteiger partial charge in [0.1, 0.15) is 0 Å². The fourth-order valence-corrected chi connectivity index (χ4v) is 2.86. The molecule has 0 saturated heterocycles. The third-order valence-electron chi connectivity index (χ3n) is 3.35. The van der Waals surface area contributed by atoms with Crippen molar-refractivity contribution in [2.24, 2.45) is 0 Å². The van der Waals surface area contributed by atoms with Crippen LogP contribution < -0.4 is 0 Å². The van der Waals surface area contributed by atoms with E-state index < -0.39 is 0 Å². The average Bonchev–Trinajstić information content (AvgIpc) is 3.16. The van der Waals surface area contributed by atoms with Crippen LogP contribution in [0.3, 0.4) is 0 Å². The van der Waals surface area contributed by atoms with Crippen molar-refractivity contribution in [3.63, 3.8) is 0 Å². The molecule has 0 spiro atoms. The van der Waals surface area contributed by atoms with E-state index in [9.17, 15) is 0 Å². The van der Waals surface area contributed by atoms with Crippen molar-refractivity contribution in [3.05, 3.63) is 93.3 Å². The van der Waals surface area contributed by atoms with Crippen LogP contribution in [0.15, 0.2) is 93.3 Å². The molecule has 1 aromatic heterocycles. The second kappa shape index (κ2) is 5.41. The Kier molecular flexibility index (Phi) is 3.47. The first kappa shape index (κ1) is 12.2. The van der Waals surface area contributed by atoms with E-state index >= 15 is 0 Å². The largest absolute Gasteiger partial charge is 0.152 e. The summed E-state index contributed by atoms with van der Waals surface area (Å²) in [6.07, 6.45) is 16.7. The maximum Gasteiger partial charge on any atom is -0.00934 e. The molecule has 0 nitrogen and oxygen atoms in total. The van der Waals surface area contributed by atoms with Gasteiger partial charge in [0.15, 0.2) is 0 Å². The van der Waals surface area contributed by atoms with Gasteiger partial charge in [-0.2, -0.15) is 11.3 Å². The van der Waals surface area contributed by atoms with Gasteiger partial charge in [0.25, 0.3) is 0 Å². The maximum atomic E-state index is 2.32. The molecule has 0 saturated carbocycles. The van der Waals surface area contributed by atoms with Gasteiger partial charge in [0, 0.05) is 0 Å². The molecular formula is C18H16S. The van der Waals surface area contributed by atoms with Crippen molar-refractivity contribution in [3.8, 4) is 0 Å². The zero-order valence-electron chi connectivity index (χ0n) is 11.0. The second-order valence-corrected chi connectivity index (χ2v) is 5.61. The third kappa shape index (κ3) is 2.61. The molecule has 0 fully saturated rings. The highest BCUT2D eigenvalue weighted by molar-refractivity contribution is 7.07. The van der Waals surface area contributed by atoms with E-state index in [0.29, 0.717) is 0 Å². The first-order chi connectivity index (χ1) is 9.34. The van der Waals surface area contributed by atoms with Gasteiger partial charge in [0.05, 0.1) is 0 Å². The van der Waals surface area contributed by atoms with Crippen LogP contribution in [0, 0.1) is 0 Å². The molecule has 0 aliphatic heterocycles. The van der Waals surface area contributed by atoms with Crippen LogP contribution in [0.2, 0.25) is 0 Å². The van der Waals surface area contributed by atoms with Crippen molar-refractivity contribution >= 4 is 11.3 Å². The highest BCUT2D eigenvalue weighted by atomic mass is 32.1. The molecule has 3 aliphatic carbocycles. The topological polar surface area (TPSA) is 0 Å². The molecule has 0 radical (unpaired) electrons. The molecule has 1 heterocycles. The highest BCUT2D eigenvalue weighted by Gasteiger charge is 2.19. The average molecular weight is 264 g/mol. The Balaban J connectivity index is 0.000000187. The summed E-state index contributed by atoms with van der Waals surface area (Å²) in [6.45, 7) is 2.19. The molecular weight excluding hydrogens is 248 g/mol. The van der Waals surface area contributed by atoms with Gasteiger partial charge in [-0.15, -0.1) is 0 Å². The molecule has 0 atom stereocenters. The van der Waals surface area contributed by atoms with Crippen LogP contribution in [-0.4, -0.2) is 0 Å². The van der Waals surface area contributed by atoms with E-state index in [4.69, 9.17) is 0 Å². The van der Waals surface area contributed by atoms with Gasteiger partial charge in [-0.3, -0.25) is 0 Å². The van der Waals surface area contributed by atoms with Gasteiger partial charge < -0.3 is 0 Å². The van der Waals surface area contributed by atoms with Gasteiger partial charge in [0.2, 0.25) is 0 Å². The van der Waals surface area contributed by atoms with Crippen molar-refractivity contribution in [2.75, 3.05) is 0 Å². The minimum atomic E-state index is 1.11. The van der Waals surface area contributed by atoms with Gasteiger partial charge in [-0.05, 0) is 46.4 Å². The van der Waals surface area contributed by atoms with E-state index in [1.165, 1.54) is 27.9 Å². The Morgan fingerprint density at radius 2 is 1.74 bits per heavy atom. The molecule has 3 aliphatic rings. The van der Waals surface area contributed by atoms with E-state index in [2.05, 4.69) is 49.5 Å². The molecule has 0 bridgehead atoms. The molecule has 94 valence electrons. The maximum absolute atomic E-state index is 2.32. The number of hydrogen-bond acceptors (Lipinski definition) is 1. The summed E-state index contributed by atoms with van der Waals surface area (Å²) in [7, 11) is 0. The van der Waals surface area contributed by atoms with Gasteiger partial charge >= 0.3 is 0 Å². The Bertz CT molecular complexity index is 627. The van der Waals surface area contributed by atoms with E-state index in [-0.39, 0.29) is 0 Å². The van der Waals surface area contributed by atoms with E-state index in [1.807, 2.05) is 22.9 Å². The fraction of sp³-hybridized carbons (Fsp3) is 0.111. The van der Waals surface area contributed by atoms with Gasteiger partial charge in [-0.25, -0.2) is 0 Å². The molecule has 0 amide bonds. The smallest absolute Gasteiger partial charge is 0.00934 e. The number of fused-ring (bicyclic) bond motifs is 1. The standard InChI is InChI=1S/C14H12.C4H4S/c1-10-5-6-12(9-10)14-8-7-11-3-2-4-13(11)14;1-2-4-5-3-1/h2-4,6-9H,5H2,1H3;1-4H. The summed E-state index contributed by atoms with van der Waals surface area (Å²) in [6, 6.07) is 4.04. The molecule has 0 N–H and O–H groups in total. The van der Waals surface area contributed by atoms with Crippen LogP contribution in [0.5, 0.6) is 0 Å². The Labute approximate surface area is 118 Å². The summed E-state index contributed by atoms with van der Waals surface area (Å²) in [5.74, 6) is 0. The lowest BCUT2D eigenvalue weighted by molar-refractivity contribution is 1.25. The van der Waals surface area contributed by atoms with E-state index in [1.54, 1.807) is 11.3 Å². The lowest BCUT2D eigenvalue weighted by atomic mass is 10.00. The summed E-state index contributed by atoms with van der Waals surface area (Å²) in [4.78, 5) is 0. The first-order valence-corrected chi connectivity index (χ1v) is 7.45. The molecule has 1 heteroatoms. The number of allylic oxidation sites excluding steroid dienone is 12. The quantitative estimate of drug-likeness (QED) is 0.639. The lowest BCUT2D eigenvalue weighted by Crippen LogP contribution is -1.86.